The molecule has 0 spiro atoms. The summed E-state index contributed by atoms with van der Waals surface area (Å²) in [6.07, 6.45) is 6.10. The molecule has 2 aromatic rings. The summed E-state index contributed by atoms with van der Waals surface area (Å²) in [4.78, 5) is 29.2. The fourth-order valence-corrected chi connectivity index (χ4v) is 3.95. The normalized spacial score (nSPS) is 17.7. The summed E-state index contributed by atoms with van der Waals surface area (Å²) in [7, 11) is 3.14. The number of fused-ring (bicyclic) bond motifs is 2. The Morgan fingerprint density at radius 3 is 2.68 bits per heavy atom. The summed E-state index contributed by atoms with van der Waals surface area (Å²) in [5, 5.41) is 5.10. The van der Waals surface area contributed by atoms with Crippen LogP contribution in [-0.2, 0) is 25.5 Å². The molecule has 1 atom stereocenters. The summed E-state index contributed by atoms with van der Waals surface area (Å²) in [6.45, 7) is 0.359. The van der Waals surface area contributed by atoms with Gasteiger partial charge in [-0.2, -0.15) is 0 Å². The Morgan fingerprint density at radius 2 is 1.87 bits per heavy atom. The Balaban J connectivity index is 1.39. The first-order valence-corrected chi connectivity index (χ1v) is 10.2. The number of dihydropyridines is 1. The summed E-state index contributed by atoms with van der Waals surface area (Å²) >= 11 is 0. The molecule has 1 aliphatic heterocycles. The van der Waals surface area contributed by atoms with Crippen LogP contribution in [0, 0.1) is 5.92 Å². The topological polar surface area (TPSA) is 77.0 Å². The number of rotatable bonds is 7. The van der Waals surface area contributed by atoms with Gasteiger partial charge in [0.1, 0.15) is 17.2 Å². The molecule has 0 radical (unpaired) electrons. The van der Waals surface area contributed by atoms with Crippen molar-refractivity contribution in [3.63, 3.8) is 0 Å². The van der Waals surface area contributed by atoms with Gasteiger partial charge in [0, 0.05) is 12.1 Å². The van der Waals surface area contributed by atoms with Gasteiger partial charge in [0.05, 0.1) is 26.6 Å². The van der Waals surface area contributed by atoms with Crippen molar-refractivity contribution in [3.8, 4) is 0 Å². The van der Waals surface area contributed by atoms with Crippen LogP contribution in [0.1, 0.15) is 12.0 Å². The van der Waals surface area contributed by atoms with Crippen LogP contribution in [0.25, 0.3) is 10.8 Å². The van der Waals surface area contributed by atoms with Crippen LogP contribution in [0.5, 0.6) is 0 Å². The number of nitrogens with zero attached hydrogens (tertiary/aromatic N) is 1. The molecule has 0 fully saturated rings. The Kier molecular flexibility index (Phi) is 5.98. The van der Waals surface area contributed by atoms with E-state index in [4.69, 9.17) is 9.47 Å². The maximum atomic E-state index is 12.5. The summed E-state index contributed by atoms with van der Waals surface area (Å²) < 4.78 is 10.8. The quantitative estimate of drug-likeness (QED) is 0.750. The molecule has 0 saturated heterocycles. The van der Waals surface area contributed by atoms with Gasteiger partial charge in [0.2, 0.25) is 5.91 Å². The second-order valence-corrected chi connectivity index (χ2v) is 7.39. The van der Waals surface area contributed by atoms with Crippen molar-refractivity contribution in [2.45, 2.75) is 12.8 Å². The number of hydrogen-bond donors (Lipinski definition) is 1. The number of aliphatic imine (C=N–C) groups is 1. The first kappa shape index (κ1) is 20.6. The summed E-state index contributed by atoms with van der Waals surface area (Å²) in [5.41, 5.74) is 2.09. The van der Waals surface area contributed by atoms with E-state index < -0.39 is 0 Å². The van der Waals surface area contributed by atoms with Gasteiger partial charge in [-0.1, -0.05) is 48.5 Å². The van der Waals surface area contributed by atoms with Gasteiger partial charge in [-0.05, 0) is 34.9 Å². The number of carbonyl (C=O) groups is 2. The fraction of sp³-hybridized carbons (Fsp3) is 0.240. The summed E-state index contributed by atoms with van der Waals surface area (Å²) in [5.74, 6) is 0.602. The zero-order valence-corrected chi connectivity index (χ0v) is 17.6. The lowest BCUT2D eigenvalue weighted by atomic mass is 9.89. The third kappa shape index (κ3) is 4.28. The van der Waals surface area contributed by atoms with E-state index in [-0.39, 0.29) is 24.2 Å². The molecule has 1 unspecified atom stereocenters. The molecule has 2 amide bonds. The molecular formula is C25H24N2O4. The van der Waals surface area contributed by atoms with Crippen LogP contribution in [0.3, 0.4) is 0 Å². The average molecular weight is 416 g/mol. The van der Waals surface area contributed by atoms with Crippen LogP contribution in [0.2, 0.25) is 0 Å². The van der Waals surface area contributed by atoms with E-state index in [1.54, 1.807) is 20.3 Å². The number of methoxy groups -OCH3 is 2. The molecule has 6 heteroatoms. The number of hydrogen-bond acceptors (Lipinski definition) is 4. The molecule has 31 heavy (non-hydrogen) atoms. The van der Waals surface area contributed by atoms with Crippen molar-refractivity contribution in [2.75, 3.05) is 20.8 Å². The van der Waals surface area contributed by atoms with Gasteiger partial charge in [0.15, 0.2) is 0 Å². The highest BCUT2D eigenvalue weighted by Crippen LogP contribution is 2.30. The van der Waals surface area contributed by atoms with E-state index in [0.717, 1.165) is 16.3 Å². The minimum Gasteiger partial charge on any atom is -0.500 e. The minimum absolute atomic E-state index is 0.0795. The molecule has 0 saturated carbocycles. The lowest BCUT2D eigenvalue weighted by molar-refractivity contribution is -0.120. The molecule has 2 aliphatic rings. The standard InChI is InChI=1S/C25H24N2O4/c1-30-21-10-11-22(31-2)24-20(21)14-18(25(29)27-24)12-13-26-23(28)15-17-8-5-7-16-6-3-4-9-19(16)17/h3-11,14,20H,12-13,15H2,1-2H3,(H,26,28). The first-order valence-electron chi connectivity index (χ1n) is 10.2. The Bertz CT molecular complexity index is 1150. The van der Waals surface area contributed by atoms with E-state index in [1.165, 1.54) is 0 Å². The second-order valence-electron chi connectivity index (χ2n) is 7.39. The lowest BCUT2D eigenvalue weighted by Crippen LogP contribution is -2.30. The van der Waals surface area contributed by atoms with Gasteiger partial charge >= 0.3 is 0 Å². The largest absolute Gasteiger partial charge is 0.500 e. The number of carbonyl (C=O) groups excluding carboxylic acids is 2. The Hall–Kier alpha value is -3.67. The minimum atomic E-state index is -0.310. The monoisotopic (exact) mass is 416 g/mol. The highest BCUT2D eigenvalue weighted by atomic mass is 16.5. The zero-order chi connectivity index (χ0) is 21.8. The molecule has 0 aromatic heterocycles. The number of allylic oxidation sites excluding steroid dienone is 4. The van der Waals surface area contributed by atoms with Crippen LogP contribution in [0.15, 0.2) is 82.8 Å². The number of ether oxygens (including phenoxy) is 2. The molecule has 1 N–H and O–H groups in total. The van der Waals surface area contributed by atoms with Crippen molar-refractivity contribution in [2.24, 2.45) is 10.9 Å². The van der Waals surface area contributed by atoms with Crippen molar-refractivity contribution >= 4 is 28.3 Å². The van der Waals surface area contributed by atoms with E-state index in [1.807, 2.05) is 54.6 Å². The second kappa shape index (κ2) is 9.00. The van der Waals surface area contributed by atoms with E-state index >= 15 is 0 Å². The Morgan fingerprint density at radius 1 is 1.06 bits per heavy atom. The van der Waals surface area contributed by atoms with Crippen LogP contribution in [0.4, 0.5) is 0 Å². The SMILES string of the molecule is COC1=CC=C(OC)C2C=C(CCNC(=O)Cc3cccc4ccccc34)C(=O)N=C12. The third-order valence-corrected chi connectivity index (χ3v) is 5.52. The molecule has 6 nitrogen and oxygen atoms in total. The van der Waals surface area contributed by atoms with Gasteiger partial charge in [-0.25, -0.2) is 4.99 Å². The van der Waals surface area contributed by atoms with E-state index in [9.17, 15) is 9.59 Å². The Labute approximate surface area is 181 Å². The molecule has 1 heterocycles. The van der Waals surface area contributed by atoms with Crippen molar-refractivity contribution in [1.82, 2.24) is 5.32 Å². The van der Waals surface area contributed by atoms with Crippen molar-refractivity contribution in [1.29, 1.82) is 0 Å². The maximum absolute atomic E-state index is 12.5. The van der Waals surface area contributed by atoms with Crippen molar-refractivity contribution in [3.05, 3.63) is 83.3 Å². The smallest absolute Gasteiger partial charge is 0.273 e. The molecule has 0 bridgehead atoms. The maximum Gasteiger partial charge on any atom is 0.273 e. The van der Waals surface area contributed by atoms with Crippen LogP contribution in [-0.4, -0.2) is 38.3 Å². The molecular weight excluding hydrogens is 392 g/mol. The highest BCUT2D eigenvalue weighted by molar-refractivity contribution is 6.15. The number of nitrogens with one attached hydrogen (secondary N) is 1. The molecule has 2 aromatic carbocycles. The zero-order valence-electron chi connectivity index (χ0n) is 17.6. The van der Waals surface area contributed by atoms with Gasteiger partial charge < -0.3 is 14.8 Å². The van der Waals surface area contributed by atoms with E-state index in [2.05, 4.69) is 10.3 Å². The predicted molar refractivity (Wildman–Crippen MR) is 119 cm³/mol. The van der Waals surface area contributed by atoms with Gasteiger partial charge in [-0.3, -0.25) is 9.59 Å². The lowest BCUT2D eigenvalue weighted by Gasteiger charge is -2.26. The average Bonchev–Trinajstić information content (AvgIpc) is 2.79. The number of benzene rings is 2. The molecule has 1 aliphatic carbocycles. The van der Waals surface area contributed by atoms with Crippen LogP contribution >= 0.6 is 0 Å². The predicted octanol–water partition coefficient (Wildman–Crippen LogP) is 3.49. The van der Waals surface area contributed by atoms with Gasteiger partial charge in [-0.15, -0.1) is 0 Å². The summed E-state index contributed by atoms with van der Waals surface area (Å²) in [6, 6.07) is 14.0. The fourth-order valence-electron chi connectivity index (χ4n) is 3.95. The third-order valence-electron chi connectivity index (χ3n) is 5.52. The van der Waals surface area contributed by atoms with Crippen molar-refractivity contribution < 1.29 is 19.1 Å². The first-order chi connectivity index (χ1) is 15.1. The van der Waals surface area contributed by atoms with Crippen LogP contribution < -0.4 is 5.32 Å². The van der Waals surface area contributed by atoms with E-state index in [0.29, 0.717) is 35.8 Å². The number of amides is 2. The van der Waals surface area contributed by atoms with Gasteiger partial charge in [0.25, 0.3) is 5.91 Å². The molecule has 4 rings (SSSR count). The highest BCUT2D eigenvalue weighted by Gasteiger charge is 2.32. The molecule has 158 valence electrons.